The van der Waals surface area contributed by atoms with Crippen molar-refractivity contribution in [2.75, 3.05) is 6.54 Å². The largest absolute Gasteiger partial charge is 0.479 e. The molecule has 2 atom stereocenters. The van der Waals surface area contributed by atoms with Crippen LogP contribution in [0, 0.1) is 11.8 Å². The van der Waals surface area contributed by atoms with Gasteiger partial charge in [-0.1, -0.05) is 20.8 Å². The first-order valence-electron chi connectivity index (χ1n) is 6.85. The number of hydrogen-bond acceptors (Lipinski definition) is 2. The van der Waals surface area contributed by atoms with E-state index in [2.05, 4.69) is 13.8 Å². The summed E-state index contributed by atoms with van der Waals surface area (Å²) < 4.78 is 0. The number of rotatable bonds is 4. The van der Waals surface area contributed by atoms with Gasteiger partial charge in [0.1, 0.15) is 5.54 Å². The summed E-state index contributed by atoms with van der Waals surface area (Å²) in [4.78, 5) is 25.2. The zero-order chi connectivity index (χ0) is 13.9. The van der Waals surface area contributed by atoms with E-state index in [9.17, 15) is 14.7 Å². The smallest absolute Gasteiger partial charge is 0.329 e. The molecule has 1 rings (SSSR count). The van der Waals surface area contributed by atoms with Gasteiger partial charge in [-0.15, -0.1) is 0 Å². The lowest BCUT2D eigenvalue weighted by atomic mass is 9.70. The Labute approximate surface area is 109 Å². The molecule has 4 heteroatoms. The van der Waals surface area contributed by atoms with Crippen LogP contribution < -0.4 is 0 Å². The van der Waals surface area contributed by atoms with Crippen LogP contribution in [-0.2, 0) is 9.59 Å². The van der Waals surface area contributed by atoms with Gasteiger partial charge in [-0.3, -0.25) is 4.79 Å². The van der Waals surface area contributed by atoms with Crippen molar-refractivity contribution in [3.8, 4) is 0 Å². The number of hydrogen-bond donors (Lipinski definition) is 1. The molecule has 0 saturated heterocycles. The molecule has 1 fully saturated rings. The summed E-state index contributed by atoms with van der Waals surface area (Å²) in [6.45, 7) is 8.14. The van der Waals surface area contributed by atoms with E-state index in [1.807, 2.05) is 6.92 Å². The van der Waals surface area contributed by atoms with Crippen molar-refractivity contribution in [2.45, 2.75) is 58.9 Å². The Hall–Kier alpha value is -1.06. The van der Waals surface area contributed by atoms with Crippen molar-refractivity contribution in [3.05, 3.63) is 0 Å². The molecule has 0 bridgehead atoms. The van der Waals surface area contributed by atoms with Crippen LogP contribution in [0.5, 0.6) is 0 Å². The number of carbonyl (C=O) groups excluding carboxylic acids is 1. The van der Waals surface area contributed by atoms with Gasteiger partial charge in [0.25, 0.3) is 0 Å². The molecule has 0 aliphatic heterocycles. The lowest BCUT2D eigenvalue weighted by Crippen LogP contribution is -2.60. The minimum atomic E-state index is -0.987. The zero-order valence-electron chi connectivity index (χ0n) is 11.9. The fraction of sp³-hybridized carbons (Fsp3) is 0.857. The van der Waals surface area contributed by atoms with Gasteiger partial charge < -0.3 is 10.0 Å². The fourth-order valence-corrected chi connectivity index (χ4v) is 3.50. The molecule has 104 valence electrons. The molecule has 1 saturated carbocycles. The highest BCUT2D eigenvalue weighted by Crippen LogP contribution is 2.40. The van der Waals surface area contributed by atoms with E-state index in [4.69, 9.17) is 0 Å². The molecule has 2 unspecified atom stereocenters. The second-order valence-corrected chi connectivity index (χ2v) is 5.86. The van der Waals surface area contributed by atoms with E-state index in [1.54, 1.807) is 4.90 Å². The Kier molecular flexibility index (Phi) is 4.77. The SMILES string of the molecule is CCCN(C(C)=O)C1(C(=O)O)CC(C)CC(C)C1. The summed E-state index contributed by atoms with van der Waals surface area (Å²) in [5.74, 6) is -0.266. The second-order valence-electron chi connectivity index (χ2n) is 5.86. The lowest BCUT2D eigenvalue weighted by Gasteiger charge is -2.46. The van der Waals surface area contributed by atoms with Gasteiger partial charge in [-0.05, 0) is 37.5 Å². The Morgan fingerprint density at radius 3 is 2.11 bits per heavy atom. The Balaban J connectivity index is 3.11. The summed E-state index contributed by atoms with van der Waals surface area (Å²) in [7, 11) is 0. The predicted octanol–water partition coefficient (Wildman–Crippen LogP) is 2.52. The summed E-state index contributed by atoms with van der Waals surface area (Å²) in [6.07, 6.45) is 2.99. The molecule has 1 amide bonds. The Bertz CT molecular complexity index is 317. The van der Waals surface area contributed by atoms with E-state index < -0.39 is 11.5 Å². The third kappa shape index (κ3) is 2.85. The van der Waals surface area contributed by atoms with Crippen molar-refractivity contribution in [1.29, 1.82) is 0 Å². The van der Waals surface area contributed by atoms with E-state index in [-0.39, 0.29) is 5.91 Å². The Morgan fingerprint density at radius 1 is 1.28 bits per heavy atom. The second kappa shape index (κ2) is 5.72. The molecule has 18 heavy (non-hydrogen) atoms. The van der Waals surface area contributed by atoms with Crippen LogP contribution in [0.15, 0.2) is 0 Å². The number of carboxylic acid groups (broad SMARTS) is 1. The maximum absolute atomic E-state index is 11.8. The van der Waals surface area contributed by atoms with E-state index >= 15 is 0 Å². The van der Waals surface area contributed by atoms with Crippen LogP contribution in [0.25, 0.3) is 0 Å². The first-order chi connectivity index (χ1) is 8.33. The van der Waals surface area contributed by atoms with E-state index in [0.717, 1.165) is 12.8 Å². The molecule has 1 N–H and O–H groups in total. The van der Waals surface area contributed by atoms with Gasteiger partial charge in [0.15, 0.2) is 0 Å². The van der Waals surface area contributed by atoms with Crippen molar-refractivity contribution >= 4 is 11.9 Å². The average molecular weight is 255 g/mol. The molecule has 0 heterocycles. The van der Waals surface area contributed by atoms with Crippen LogP contribution in [0.1, 0.15) is 53.4 Å². The predicted molar refractivity (Wildman–Crippen MR) is 70.2 cm³/mol. The van der Waals surface area contributed by atoms with Gasteiger partial charge in [0.2, 0.25) is 5.91 Å². The first kappa shape index (κ1) is 15.0. The van der Waals surface area contributed by atoms with Crippen molar-refractivity contribution in [3.63, 3.8) is 0 Å². The normalized spacial score (nSPS) is 32.0. The van der Waals surface area contributed by atoms with Gasteiger partial charge in [0, 0.05) is 13.5 Å². The van der Waals surface area contributed by atoms with E-state index in [0.29, 0.717) is 31.2 Å². The van der Waals surface area contributed by atoms with Gasteiger partial charge in [-0.2, -0.15) is 0 Å². The highest BCUT2D eigenvalue weighted by atomic mass is 16.4. The van der Waals surface area contributed by atoms with Crippen molar-refractivity contribution in [1.82, 2.24) is 4.90 Å². The molecule has 0 radical (unpaired) electrons. The highest BCUT2D eigenvalue weighted by Gasteiger charge is 2.49. The number of aliphatic carboxylic acids is 1. The molecule has 4 nitrogen and oxygen atoms in total. The van der Waals surface area contributed by atoms with Gasteiger partial charge in [-0.25, -0.2) is 4.79 Å². The summed E-state index contributed by atoms with van der Waals surface area (Å²) >= 11 is 0. The van der Waals surface area contributed by atoms with Crippen LogP contribution in [0.4, 0.5) is 0 Å². The van der Waals surface area contributed by atoms with Gasteiger partial charge in [0.05, 0.1) is 0 Å². The van der Waals surface area contributed by atoms with Crippen LogP contribution in [0.2, 0.25) is 0 Å². The Morgan fingerprint density at radius 2 is 1.78 bits per heavy atom. The third-order valence-corrected chi connectivity index (χ3v) is 3.92. The molecule has 0 aromatic rings. The topological polar surface area (TPSA) is 57.6 Å². The highest BCUT2D eigenvalue weighted by molar-refractivity contribution is 5.86. The van der Waals surface area contributed by atoms with Crippen molar-refractivity contribution in [2.24, 2.45) is 11.8 Å². The van der Waals surface area contributed by atoms with Gasteiger partial charge >= 0.3 is 5.97 Å². The lowest BCUT2D eigenvalue weighted by molar-refractivity contribution is -0.164. The fourth-order valence-electron chi connectivity index (χ4n) is 3.50. The van der Waals surface area contributed by atoms with E-state index in [1.165, 1.54) is 6.92 Å². The number of carbonyl (C=O) groups is 2. The minimum Gasteiger partial charge on any atom is -0.479 e. The van der Waals surface area contributed by atoms with Crippen LogP contribution >= 0.6 is 0 Å². The monoisotopic (exact) mass is 255 g/mol. The maximum atomic E-state index is 11.8. The summed E-state index contributed by atoms with van der Waals surface area (Å²) in [5.41, 5.74) is -0.987. The molecule has 1 aliphatic carbocycles. The molecular formula is C14H25NO3. The number of nitrogens with zero attached hydrogens (tertiary/aromatic N) is 1. The average Bonchev–Trinajstić information content (AvgIpc) is 2.23. The maximum Gasteiger partial charge on any atom is 0.329 e. The molecule has 0 aromatic heterocycles. The first-order valence-corrected chi connectivity index (χ1v) is 6.85. The third-order valence-electron chi connectivity index (χ3n) is 3.92. The number of carboxylic acids is 1. The standard InChI is InChI=1S/C14H25NO3/c1-5-6-15(12(4)16)14(13(17)18)8-10(2)7-11(3)9-14/h10-11H,5-9H2,1-4H3,(H,17,18). The summed E-state index contributed by atoms with van der Waals surface area (Å²) in [6, 6.07) is 0. The van der Waals surface area contributed by atoms with Crippen molar-refractivity contribution < 1.29 is 14.7 Å². The molecule has 0 aromatic carbocycles. The quantitative estimate of drug-likeness (QED) is 0.839. The van der Waals surface area contributed by atoms with Crippen LogP contribution in [-0.4, -0.2) is 34.0 Å². The zero-order valence-corrected chi connectivity index (χ0v) is 11.9. The molecule has 0 spiro atoms. The summed E-state index contributed by atoms with van der Waals surface area (Å²) in [5, 5.41) is 9.68. The van der Waals surface area contributed by atoms with Crippen LogP contribution in [0.3, 0.4) is 0 Å². The minimum absolute atomic E-state index is 0.124. The molecule has 1 aliphatic rings. The number of amides is 1. The molecular weight excluding hydrogens is 230 g/mol.